The zero-order valence-corrected chi connectivity index (χ0v) is 16.2. The van der Waals surface area contributed by atoms with Crippen LogP contribution in [0.2, 0.25) is 0 Å². The summed E-state index contributed by atoms with van der Waals surface area (Å²) >= 11 is 0. The molecule has 1 saturated heterocycles. The first kappa shape index (κ1) is 18.7. The van der Waals surface area contributed by atoms with E-state index in [0.717, 1.165) is 50.6 Å². The fourth-order valence-corrected chi connectivity index (χ4v) is 3.44. The number of nitrogens with zero attached hydrogens (tertiary/aromatic N) is 3. The van der Waals surface area contributed by atoms with Crippen molar-refractivity contribution in [3.8, 4) is 11.5 Å². The lowest BCUT2D eigenvalue weighted by Gasteiger charge is -2.25. The first-order valence-electron chi connectivity index (χ1n) is 9.13. The monoisotopic (exact) mass is 359 g/mol. The molecule has 0 N–H and O–H groups in total. The molecule has 142 valence electrons. The Hall–Kier alpha value is -2.05. The van der Waals surface area contributed by atoms with Crippen LogP contribution >= 0.6 is 0 Å². The summed E-state index contributed by atoms with van der Waals surface area (Å²) < 4.78 is 18.6. The van der Waals surface area contributed by atoms with E-state index in [1.165, 1.54) is 16.8 Å². The zero-order chi connectivity index (χ0) is 18.5. The Bertz CT molecular complexity index is 723. The van der Waals surface area contributed by atoms with Crippen LogP contribution in [0.5, 0.6) is 11.5 Å². The third kappa shape index (κ3) is 4.37. The Morgan fingerprint density at radius 1 is 1.23 bits per heavy atom. The summed E-state index contributed by atoms with van der Waals surface area (Å²) in [5, 5.41) is 4.38. The summed E-state index contributed by atoms with van der Waals surface area (Å²) in [5.41, 5.74) is 3.66. The number of hydrogen-bond acceptors (Lipinski definition) is 5. The Morgan fingerprint density at radius 3 is 2.65 bits per heavy atom. The summed E-state index contributed by atoms with van der Waals surface area (Å²) in [5.74, 6) is 1.52. The highest BCUT2D eigenvalue weighted by Gasteiger charge is 2.21. The van der Waals surface area contributed by atoms with Crippen LogP contribution in [0.15, 0.2) is 24.4 Å². The minimum Gasteiger partial charge on any atom is -0.493 e. The predicted octanol–water partition coefficient (Wildman–Crippen LogP) is 2.93. The quantitative estimate of drug-likeness (QED) is 0.725. The van der Waals surface area contributed by atoms with Crippen LogP contribution in [-0.4, -0.2) is 48.2 Å². The molecule has 0 bridgehead atoms. The summed E-state index contributed by atoms with van der Waals surface area (Å²) in [7, 11) is 5.31. The molecule has 0 spiro atoms. The average Bonchev–Trinajstić information content (AvgIpc) is 3.27. The van der Waals surface area contributed by atoms with Gasteiger partial charge in [-0.3, -0.25) is 9.58 Å². The first-order valence-corrected chi connectivity index (χ1v) is 9.13. The molecule has 2 aromatic rings. The Labute approximate surface area is 155 Å². The van der Waals surface area contributed by atoms with Crippen molar-refractivity contribution in [2.45, 2.75) is 39.0 Å². The highest BCUT2D eigenvalue weighted by atomic mass is 16.5. The lowest BCUT2D eigenvalue weighted by Crippen LogP contribution is -2.31. The van der Waals surface area contributed by atoms with Crippen molar-refractivity contribution >= 4 is 0 Å². The van der Waals surface area contributed by atoms with Crippen molar-refractivity contribution < 1.29 is 14.2 Å². The predicted molar refractivity (Wildman–Crippen MR) is 101 cm³/mol. The van der Waals surface area contributed by atoms with Gasteiger partial charge in [0.1, 0.15) is 0 Å². The standard InChI is InChI=1S/C20H29N3O3/c1-15-17(11-21-22(15)2)13-23(14-18-6-5-9-26-18)12-16-7-8-19(24-3)20(10-16)25-4/h7-8,10-11,18H,5-6,9,12-14H2,1-4H3. The van der Waals surface area contributed by atoms with Gasteiger partial charge in [0.15, 0.2) is 11.5 Å². The van der Waals surface area contributed by atoms with Gasteiger partial charge in [-0.25, -0.2) is 0 Å². The number of aryl methyl sites for hydroxylation is 1. The summed E-state index contributed by atoms with van der Waals surface area (Å²) in [4.78, 5) is 2.43. The fourth-order valence-electron chi connectivity index (χ4n) is 3.44. The van der Waals surface area contributed by atoms with E-state index < -0.39 is 0 Å². The topological polar surface area (TPSA) is 48.8 Å². The van der Waals surface area contributed by atoms with Crippen LogP contribution < -0.4 is 9.47 Å². The molecule has 1 unspecified atom stereocenters. The molecular weight excluding hydrogens is 330 g/mol. The fraction of sp³-hybridized carbons (Fsp3) is 0.550. The Kier molecular flexibility index (Phi) is 6.16. The molecule has 1 atom stereocenters. The third-order valence-electron chi connectivity index (χ3n) is 5.07. The molecule has 1 fully saturated rings. The van der Waals surface area contributed by atoms with Crippen LogP contribution in [-0.2, 0) is 24.9 Å². The number of methoxy groups -OCH3 is 2. The molecule has 6 nitrogen and oxygen atoms in total. The molecule has 26 heavy (non-hydrogen) atoms. The van der Waals surface area contributed by atoms with E-state index >= 15 is 0 Å². The second-order valence-electron chi connectivity index (χ2n) is 6.87. The molecule has 6 heteroatoms. The minimum atomic E-state index is 0.312. The number of benzene rings is 1. The summed E-state index contributed by atoms with van der Waals surface area (Å²) in [6.07, 6.45) is 4.56. The van der Waals surface area contributed by atoms with Crippen molar-refractivity contribution in [1.82, 2.24) is 14.7 Å². The van der Waals surface area contributed by atoms with Gasteiger partial charge in [-0.15, -0.1) is 0 Å². The number of hydrogen-bond donors (Lipinski definition) is 0. The van der Waals surface area contributed by atoms with Gasteiger partial charge in [-0.2, -0.15) is 5.10 Å². The second kappa shape index (κ2) is 8.56. The zero-order valence-electron chi connectivity index (χ0n) is 16.2. The smallest absolute Gasteiger partial charge is 0.161 e. The van der Waals surface area contributed by atoms with Gasteiger partial charge >= 0.3 is 0 Å². The van der Waals surface area contributed by atoms with Crippen molar-refractivity contribution in [2.75, 3.05) is 27.4 Å². The molecule has 0 saturated carbocycles. The van der Waals surface area contributed by atoms with E-state index in [4.69, 9.17) is 14.2 Å². The van der Waals surface area contributed by atoms with Crippen LogP contribution in [0.25, 0.3) is 0 Å². The van der Waals surface area contributed by atoms with Gasteiger partial charge < -0.3 is 14.2 Å². The maximum absolute atomic E-state index is 5.87. The number of ether oxygens (including phenoxy) is 3. The molecule has 0 amide bonds. The second-order valence-corrected chi connectivity index (χ2v) is 6.87. The molecule has 0 radical (unpaired) electrons. The summed E-state index contributed by atoms with van der Waals surface area (Å²) in [6, 6.07) is 6.12. The Balaban J connectivity index is 1.77. The molecule has 1 aromatic heterocycles. The normalized spacial score (nSPS) is 17.0. The lowest BCUT2D eigenvalue weighted by molar-refractivity contribution is 0.0678. The highest BCUT2D eigenvalue weighted by Crippen LogP contribution is 2.28. The average molecular weight is 359 g/mol. The van der Waals surface area contributed by atoms with E-state index in [-0.39, 0.29) is 0 Å². The third-order valence-corrected chi connectivity index (χ3v) is 5.07. The number of aromatic nitrogens is 2. The van der Waals surface area contributed by atoms with Crippen molar-refractivity contribution in [3.63, 3.8) is 0 Å². The SMILES string of the molecule is COc1ccc(CN(Cc2cnn(C)c2C)CC2CCCO2)cc1OC. The van der Waals surface area contributed by atoms with E-state index in [0.29, 0.717) is 6.10 Å². The van der Waals surface area contributed by atoms with Crippen LogP contribution in [0.4, 0.5) is 0 Å². The lowest BCUT2D eigenvalue weighted by atomic mass is 10.1. The van der Waals surface area contributed by atoms with Crippen LogP contribution in [0, 0.1) is 6.92 Å². The maximum Gasteiger partial charge on any atom is 0.161 e. The molecule has 1 aliphatic rings. The first-order chi connectivity index (χ1) is 12.6. The van der Waals surface area contributed by atoms with Gasteiger partial charge in [0.2, 0.25) is 0 Å². The van der Waals surface area contributed by atoms with Crippen LogP contribution in [0.1, 0.15) is 29.7 Å². The van der Waals surface area contributed by atoms with Gasteiger partial charge in [0.05, 0.1) is 26.5 Å². The van der Waals surface area contributed by atoms with E-state index in [9.17, 15) is 0 Å². The van der Waals surface area contributed by atoms with Gasteiger partial charge in [0, 0.05) is 44.5 Å². The van der Waals surface area contributed by atoms with E-state index in [1.807, 2.05) is 24.0 Å². The van der Waals surface area contributed by atoms with Crippen LogP contribution in [0.3, 0.4) is 0 Å². The molecule has 1 aromatic carbocycles. The van der Waals surface area contributed by atoms with Gasteiger partial charge in [-0.05, 0) is 37.5 Å². The number of rotatable bonds is 8. The molecular formula is C20H29N3O3. The highest BCUT2D eigenvalue weighted by molar-refractivity contribution is 5.42. The van der Waals surface area contributed by atoms with Crippen molar-refractivity contribution in [1.29, 1.82) is 0 Å². The Morgan fingerprint density at radius 2 is 2.04 bits per heavy atom. The summed E-state index contributed by atoms with van der Waals surface area (Å²) in [6.45, 7) is 5.59. The minimum absolute atomic E-state index is 0.312. The van der Waals surface area contributed by atoms with Crippen molar-refractivity contribution in [3.05, 3.63) is 41.2 Å². The van der Waals surface area contributed by atoms with E-state index in [2.05, 4.69) is 29.1 Å². The molecule has 3 rings (SSSR count). The molecule has 1 aliphatic heterocycles. The van der Waals surface area contributed by atoms with E-state index in [1.54, 1.807) is 14.2 Å². The van der Waals surface area contributed by atoms with Gasteiger partial charge in [-0.1, -0.05) is 6.07 Å². The molecule has 0 aliphatic carbocycles. The van der Waals surface area contributed by atoms with Gasteiger partial charge in [0.25, 0.3) is 0 Å². The molecule has 2 heterocycles. The maximum atomic E-state index is 5.87. The van der Waals surface area contributed by atoms with Crippen molar-refractivity contribution in [2.24, 2.45) is 7.05 Å². The largest absolute Gasteiger partial charge is 0.493 e.